The van der Waals surface area contributed by atoms with Crippen molar-refractivity contribution in [3.05, 3.63) is 124 Å². The van der Waals surface area contributed by atoms with Crippen molar-refractivity contribution in [3.63, 3.8) is 0 Å². The fourth-order valence-corrected chi connectivity index (χ4v) is 7.53. The second-order valence-electron chi connectivity index (χ2n) is 15.6. The van der Waals surface area contributed by atoms with E-state index in [-0.39, 0.29) is 35.6 Å². The van der Waals surface area contributed by atoms with Gasteiger partial charge in [-0.2, -0.15) is 55.2 Å². The molecule has 7 rings (SSSR count). The molecule has 3 aliphatic carbocycles. The number of hydrogen-bond acceptors (Lipinski definition) is 0. The molecule has 0 aliphatic heterocycles. The Balaban J connectivity index is 0.000000292. The quantitative estimate of drug-likeness (QED) is 0.177. The molecule has 0 N–H and O–H groups in total. The molecular formula is C45H50Cl2F3Zr-3. The maximum atomic E-state index is 11.8. The van der Waals surface area contributed by atoms with Crippen LogP contribution in [0.5, 0.6) is 0 Å². The average molecular weight is 810 g/mol. The van der Waals surface area contributed by atoms with Gasteiger partial charge in [0.15, 0.2) is 0 Å². The van der Waals surface area contributed by atoms with Gasteiger partial charge in [-0.05, 0) is 36.1 Å². The smallest absolute Gasteiger partial charge is 1.00 e. The summed E-state index contributed by atoms with van der Waals surface area (Å²) in [6.07, 6.45) is 7.54. The molecule has 4 aromatic carbocycles. The van der Waals surface area contributed by atoms with E-state index in [0.29, 0.717) is 11.3 Å². The van der Waals surface area contributed by atoms with E-state index in [9.17, 15) is 13.2 Å². The van der Waals surface area contributed by atoms with Crippen LogP contribution >= 0.6 is 0 Å². The number of allylic oxidation sites excluding steroid dienone is 8. The number of rotatable bonds is 1. The summed E-state index contributed by atoms with van der Waals surface area (Å²) in [5.41, 5.74) is 11.5. The van der Waals surface area contributed by atoms with E-state index in [1.807, 2.05) is 0 Å². The summed E-state index contributed by atoms with van der Waals surface area (Å²) in [6, 6.07) is 19.1. The third-order valence-electron chi connectivity index (χ3n) is 9.72. The molecule has 1 atom stereocenters. The van der Waals surface area contributed by atoms with Crippen molar-refractivity contribution in [1.29, 1.82) is 0 Å². The molecule has 0 saturated carbocycles. The number of benzene rings is 3. The maximum Gasteiger partial charge on any atom is -1.00 e. The number of alkyl halides is 3. The molecule has 0 aromatic heterocycles. The first-order valence-electron chi connectivity index (χ1n) is 17.1. The van der Waals surface area contributed by atoms with Crippen LogP contribution in [0.1, 0.15) is 110 Å². The number of halogens is 5. The molecule has 51 heavy (non-hydrogen) atoms. The third-order valence-corrected chi connectivity index (χ3v) is 9.72. The van der Waals surface area contributed by atoms with E-state index >= 15 is 0 Å². The Morgan fingerprint density at radius 2 is 1.24 bits per heavy atom. The summed E-state index contributed by atoms with van der Waals surface area (Å²) in [4.78, 5) is 0. The summed E-state index contributed by atoms with van der Waals surface area (Å²) in [5, 5.41) is 5.57. The summed E-state index contributed by atoms with van der Waals surface area (Å²) < 4.78 is 38.7. The van der Waals surface area contributed by atoms with E-state index in [4.69, 9.17) is 0 Å². The second kappa shape index (κ2) is 16.7. The molecule has 6 heteroatoms. The summed E-state index contributed by atoms with van der Waals surface area (Å²) >= 11 is 1.30. The van der Waals surface area contributed by atoms with Gasteiger partial charge in [-0.1, -0.05) is 121 Å². The van der Waals surface area contributed by atoms with Crippen molar-refractivity contribution in [1.82, 2.24) is 0 Å². The van der Waals surface area contributed by atoms with Gasteiger partial charge < -0.3 is 24.8 Å². The van der Waals surface area contributed by atoms with Gasteiger partial charge in [-0.25, -0.2) is 5.57 Å². The van der Waals surface area contributed by atoms with Crippen molar-refractivity contribution >= 4 is 36.9 Å². The Morgan fingerprint density at radius 1 is 0.804 bits per heavy atom. The molecule has 4 aromatic rings. The van der Waals surface area contributed by atoms with Crippen molar-refractivity contribution in [2.24, 2.45) is 11.3 Å². The van der Waals surface area contributed by atoms with Crippen LogP contribution in [0.4, 0.5) is 13.2 Å². The van der Waals surface area contributed by atoms with E-state index < -0.39 is 11.7 Å². The van der Waals surface area contributed by atoms with Crippen LogP contribution in [0.15, 0.2) is 84.0 Å². The van der Waals surface area contributed by atoms with Gasteiger partial charge in [-0.3, -0.25) is 6.08 Å². The first kappa shape index (κ1) is 44.8. The SMILES string of the molecule is CC1=CC(C)(C)c2cc3[cH-]c4cc5c(cc4c3cc21)C(C)=CC5(C)C.CCC1=[C-]C(C)C=C1C(C)(C)C.FC(F)(F)c1cc[c-]cc1.[CH2]=[Zr+2].[Cl-].[Cl-]. The monoisotopic (exact) mass is 807 g/mol. The normalized spacial score (nSPS) is 17.8. The van der Waals surface area contributed by atoms with Gasteiger partial charge >= 0.3 is 34.6 Å². The number of fused-ring (bicyclic) bond motifs is 5. The fourth-order valence-electron chi connectivity index (χ4n) is 7.53. The first-order valence-corrected chi connectivity index (χ1v) is 18.8. The molecule has 0 radical (unpaired) electrons. The Kier molecular flexibility index (Phi) is 14.7. The van der Waals surface area contributed by atoms with Crippen LogP contribution in [0.2, 0.25) is 0 Å². The molecule has 3 aliphatic rings. The van der Waals surface area contributed by atoms with Crippen LogP contribution in [0.25, 0.3) is 32.7 Å². The van der Waals surface area contributed by atoms with Crippen LogP contribution in [-0.4, -0.2) is 4.21 Å². The number of hydrogen-bond donors (Lipinski definition) is 0. The van der Waals surface area contributed by atoms with Crippen LogP contribution < -0.4 is 24.8 Å². The topological polar surface area (TPSA) is 0 Å². The molecule has 0 heterocycles. The van der Waals surface area contributed by atoms with Crippen LogP contribution in [0.3, 0.4) is 0 Å². The summed E-state index contributed by atoms with van der Waals surface area (Å²) in [5.74, 6) is 0.522. The Labute approximate surface area is 331 Å². The Bertz CT molecular complexity index is 1890. The van der Waals surface area contributed by atoms with Gasteiger partial charge in [0.1, 0.15) is 0 Å². The second-order valence-corrected chi connectivity index (χ2v) is 15.6. The molecule has 0 saturated heterocycles. The zero-order valence-corrected chi connectivity index (χ0v) is 35.8. The van der Waals surface area contributed by atoms with Crippen LogP contribution in [-0.2, 0) is 41.2 Å². The Hall–Kier alpha value is -2.39. The minimum atomic E-state index is -4.23. The standard InChI is InChI=1S/C25H25.C12H19.C7H4F3.CH2.2ClH.Zr/c1-14-12-24(3,4)22-8-16-7-17-9-23-19(15(2)13-25(23,5)6)11-21(17)20(16)10-18(14)22;1-6-10-7-9(2)8-11(10)12(3,4)5;8-7(9,10)6-4-2-1-3-5-6;;;;/h7-13H,1-6H3;8-9H,6H2,1-5H3;2-5H;1H2;2*1H;/q3*-1;;;;+2/p-2. The van der Waals surface area contributed by atoms with Crippen LogP contribution in [0, 0.1) is 23.5 Å². The Morgan fingerprint density at radius 3 is 1.57 bits per heavy atom. The summed E-state index contributed by atoms with van der Waals surface area (Å²) in [6.45, 7) is 25.0. The first-order chi connectivity index (χ1) is 22.7. The minimum Gasteiger partial charge on any atom is -1.00 e. The zero-order chi connectivity index (χ0) is 36.7. The predicted molar refractivity (Wildman–Crippen MR) is 202 cm³/mol. The van der Waals surface area contributed by atoms with Crippen molar-refractivity contribution in [3.8, 4) is 0 Å². The molecule has 0 bridgehead atoms. The van der Waals surface area contributed by atoms with Gasteiger partial charge in [0.25, 0.3) is 0 Å². The van der Waals surface area contributed by atoms with Crippen molar-refractivity contribution in [2.45, 2.75) is 99.6 Å². The average Bonchev–Trinajstić information content (AvgIpc) is 3.71. The van der Waals surface area contributed by atoms with Gasteiger partial charge in [0.05, 0.1) is 0 Å². The zero-order valence-electron chi connectivity index (χ0n) is 31.8. The van der Waals surface area contributed by atoms with E-state index in [1.54, 1.807) is 0 Å². The van der Waals surface area contributed by atoms with Gasteiger partial charge in [0, 0.05) is 10.8 Å². The van der Waals surface area contributed by atoms with E-state index in [2.05, 4.69) is 141 Å². The van der Waals surface area contributed by atoms with Gasteiger partial charge in [0.2, 0.25) is 0 Å². The van der Waals surface area contributed by atoms with Crippen molar-refractivity contribution < 1.29 is 62.2 Å². The molecule has 0 fully saturated rings. The predicted octanol–water partition coefficient (Wildman–Crippen LogP) is 7.33. The molecule has 0 amide bonds. The van der Waals surface area contributed by atoms with E-state index in [0.717, 1.165) is 18.6 Å². The molecule has 1 unspecified atom stereocenters. The maximum absolute atomic E-state index is 11.8. The van der Waals surface area contributed by atoms with E-state index in [1.165, 1.54) is 102 Å². The molecule has 272 valence electrons. The molecule has 0 nitrogen and oxygen atoms in total. The third kappa shape index (κ3) is 9.59. The molecule has 0 spiro atoms. The van der Waals surface area contributed by atoms with Gasteiger partial charge in [-0.15, -0.1) is 39.7 Å². The fraction of sp³-hybridized carbons (Fsp3) is 0.378. The largest absolute Gasteiger partial charge is 1.00 e. The minimum absolute atomic E-state index is 0. The summed E-state index contributed by atoms with van der Waals surface area (Å²) in [7, 11) is 0. The molecular weight excluding hydrogens is 760 g/mol. The van der Waals surface area contributed by atoms with Crippen molar-refractivity contribution in [2.75, 3.05) is 0 Å².